The Bertz CT molecular complexity index is 242. The molecule has 0 aliphatic heterocycles. The molecule has 0 amide bonds. The number of thiophene rings is 1. The summed E-state index contributed by atoms with van der Waals surface area (Å²) in [5.41, 5.74) is 2.92. The van der Waals surface area contributed by atoms with Crippen molar-refractivity contribution in [2.75, 3.05) is 7.05 Å². The van der Waals surface area contributed by atoms with Crippen molar-refractivity contribution in [1.82, 2.24) is 5.32 Å². The first-order chi connectivity index (χ1) is 6.29. The molecule has 0 radical (unpaired) electrons. The fourth-order valence-corrected chi connectivity index (χ4v) is 2.50. The average Bonchev–Trinajstić information content (AvgIpc) is 2.54. The molecule has 1 aromatic rings. The highest BCUT2D eigenvalue weighted by atomic mass is 32.1. The van der Waals surface area contributed by atoms with Gasteiger partial charge in [-0.2, -0.15) is 11.3 Å². The highest BCUT2D eigenvalue weighted by molar-refractivity contribution is 7.08. The van der Waals surface area contributed by atoms with Crippen LogP contribution in [0, 0.1) is 6.92 Å². The van der Waals surface area contributed by atoms with Crippen LogP contribution in [0.5, 0.6) is 0 Å². The van der Waals surface area contributed by atoms with Crippen molar-refractivity contribution in [2.24, 2.45) is 0 Å². The molecule has 2 heteroatoms. The lowest BCUT2D eigenvalue weighted by molar-refractivity contribution is 0.522. The third-order valence-corrected chi connectivity index (χ3v) is 3.35. The van der Waals surface area contributed by atoms with Gasteiger partial charge in [-0.15, -0.1) is 0 Å². The van der Waals surface area contributed by atoms with Gasteiger partial charge in [0.05, 0.1) is 0 Å². The molecule has 1 atom stereocenters. The Morgan fingerprint density at radius 3 is 2.69 bits per heavy atom. The van der Waals surface area contributed by atoms with Crippen molar-refractivity contribution in [3.05, 3.63) is 21.9 Å². The van der Waals surface area contributed by atoms with E-state index in [4.69, 9.17) is 0 Å². The lowest BCUT2D eigenvalue weighted by Gasteiger charge is -2.15. The number of hydrogen-bond donors (Lipinski definition) is 1. The normalized spacial score (nSPS) is 13.2. The van der Waals surface area contributed by atoms with Crippen LogP contribution in [0.4, 0.5) is 0 Å². The zero-order valence-electron chi connectivity index (χ0n) is 8.76. The maximum Gasteiger partial charge on any atom is 0.0328 e. The van der Waals surface area contributed by atoms with Crippen molar-refractivity contribution in [3.63, 3.8) is 0 Å². The first-order valence-corrected chi connectivity index (χ1v) is 5.93. The molecule has 0 bridgehead atoms. The molecule has 1 heterocycles. The van der Waals surface area contributed by atoms with Crippen LogP contribution < -0.4 is 5.32 Å². The van der Waals surface area contributed by atoms with Gasteiger partial charge in [0.15, 0.2) is 0 Å². The minimum absolute atomic E-state index is 0.561. The van der Waals surface area contributed by atoms with Gasteiger partial charge in [-0.05, 0) is 42.3 Å². The van der Waals surface area contributed by atoms with Crippen molar-refractivity contribution >= 4 is 11.3 Å². The number of rotatable bonds is 5. The fraction of sp³-hybridized carbons (Fsp3) is 0.636. The molecule has 1 aromatic heterocycles. The summed E-state index contributed by atoms with van der Waals surface area (Å²) in [5, 5.41) is 7.88. The molecule has 74 valence electrons. The molecule has 0 aliphatic rings. The SMILES string of the molecule is CCCCC(NC)c1cscc1C. The smallest absolute Gasteiger partial charge is 0.0328 e. The summed E-state index contributed by atoms with van der Waals surface area (Å²) < 4.78 is 0. The third kappa shape index (κ3) is 2.82. The molecule has 0 saturated carbocycles. The third-order valence-electron chi connectivity index (χ3n) is 2.47. The van der Waals surface area contributed by atoms with Gasteiger partial charge in [-0.1, -0.05) is 19.8 Å². The van der Waals surface area contributed by atoms with Gasteiger partial charge < -0.3 is 5.32 Å². The Kier molecular flexibility index (Phi) is 4.46. The number of unbranched alkanes of at least 4 members (excludes halogenated alkanes) is 1. The van der Waals surface area contributed by atoms with Crippen molar-refractivity contribution in [2.45, 2.75) is 39.2 Å². The van der Waals surface area contributed by atoms with Gasteiger partial charge in [0.25, 0.3) is 0 Å². The molecular weight excluding hydrogens is 178 g/mol. The van der Waals surface area contributed by atoms with Crippen molar-refractivity contribution < 1.29 is 0 Å². The van der Waals surface area contributed by atoms with Crippen LogP contribution in [-0.2, 0) is 0 Å². The molecular formula is C11H19NS. The number of aryl methyl sites for hydroxylation is 1. The summed E-state index contributed by atoms with van der Waals surface area (Å²) in [6.07, 6.45) is 3.84. The second-order valence-corrected chi connectivity index (χ2v) is 4.24. The maximum absolute atomic E-state index is 3.39. The zero-order valence-corrected chi connectivity index (χ0v) is 9.58. The van der Waals surface area contributed by atoms with E-state index in [2.05, 4.69) is 37.0 Å². The Morgan fingerprint density at radius 2 is 2.23 bits per heavy atom. The summed E-state index contributed by atoms with van der Waals surface area (Å²) >= 11 is 1.80. The fourth-order valence-electron chi connectivity index (χ4n) is 1.59. The topological polar surface area (TPSA) is 12.0 Å². The largest absolute Gasteiger partial charge is 0.313 e. The average molecular weight is 197 g/mol. The molecule has 0 aliphatic carbocycles. The first-order valence-electron chi connectivity index (χ1n) is 4.99. The summed E-state index contributed by atoms with van der Waals surface area (Å²) in [6, 6.07) is 0.561. The van der Waals surface area contributed by atoms with E-state index in [0.717, 1.165) is 0 Å². The quantitative estimate of drug-likeness (QED) is 0.761. The van der Waals surface area contributed by atoms with E-state index in [-0.39, 0.29) is 0 Å². The Hall–Kier alpha value is -0.340. The second-order valence-electron chi connectivity index (χ2n) is 3.49. The van der Waals surface area contributed by atoms with E-state index < -0.39 is 0 Å². The molecule has 1 rings (SSSR count). The molecule has 13 heavy (non-hydrogen) atoms. The van der Waals surface area contributed by atoms with Crippen LogP contribution in [0.1, 0.15) is 43.4 Å². The predicted octanol–water partition coefficient (Wildman–Crippen LogP) is 3.51. The summed E-state index contributed by atoms with van der Waals surface area (Å²) in [5.74, 6) is 0. The van der Waals surface area contributed by atoms with E-state index in [9.17, 15) is 0 Å². The molecule has 1 nitrogen and oxygen atoms in total. The Balaban J connectivity index is 2.61. The van der Waals surface area contributed by atoms with Crippen molar-refractivity contribution in [3.8, 4) is 0 Å². The van der Waals surface area contributed by atoms with Crippen molar-refractivity contribution in [1.29, 1.82) is 0 Å². The van der Waals surface area contributed by atoms with E-state index in [0.29, 0.717) is 6.04 Å². The molecule has 1 N–H and O–H groups in total. The van der Waals surface area contributed by atoms with Gasteiger partial charge >= 0.3 is 0 Å². The summed E-state index contributed by atoms with van der Waals surface area (Å²) in [4.78, 5) is 0. The van der Waals surface area contributed by atoms with Crippen LogP contribution >= 0.6 is 11.3 Å². The predicted molar refractivity (Wildman–Crippen MR) is 60.4 cm³/mol. The van der Waals surface area contributed by atoms with E-state index in [1.165, 1.54) is 30.4 Å². The van der Waals surface area contributed by atoms with E-state index in [1.54, 1.807) is 11.3 Å². The van der Waals surface area contributed by atoms with Gasteiger partial charge in [-0.3, -0.25) is 0 Å². The van der Waals surface area contributed by atoms with E-state index >= 15 is 0 Å². The Morgan fingerprint density at radius 1 is 1.46 bits per heavy atom. The molecule has 0 saturated heterocycles. The van der Waals surface area contributed by atoms with Crippen LogP contribution in [-0.4, -0.2) is 7.05 Å². The van der Waals surface area contributed by atoms with Gasteiger partial charge in [0.2, 0.25) is 0 Å². The van der Waals surface area contributed by atoms with Crippen LogP contribution in [0.2, 0.25) is 0 Å². The lowest BCUT2D eigenvalue weighted by Crippen LogP contribution is -2.16. The van der Waals surface area contributed by atoms with Crippen LogP contribution in [0.3, 0.4) is 0 Å². The van der Waals surface area contributed by atoms with Crippen LogP contribution in [0.15, 0.2) is 10.8 Å². The van der Waals surface area contributed by atoms with Gasteiger partial charge in [0, 0.05) is 6.04 Å². The molecule has 0 fully saturated rings. The number of nitrogens with one attached hydrogen (secondary N) is 1. The second kappa shape index (κ2) is 5.40. The maximum atomic E-state index is 3.39. The zero-order chi connectivity index (χ0) is 9.68. The minimum Gasteiger partial charge on any atom is -0.313 e. The first kappa shape index (κ1) is 10.7. The molecule has 0 spiro atoms. The standard InChI is InChI=1S/C11H19NS/c1-4-5-6-11(12-3)10-8-13-7-9(10)2/h7-8,11-12H,4-6H2,1-3H3. The van der Waals surface area contributed by atoms with Gasteiger partial charge in [0.1, 0.15) is 0 Å². The summed E-state index contributed by atoms with van der Waals surface area (Å²) in [6.45, 7) is 4.44. The van der Waals surface area contributed by atoms with Gasteiger partial charge in [-0.25, -0.2) is 0 Å². The lowest BCUT2D eigenvalue weighted by atomic mass is 10.0. The highest BCUT2D eigenvalue weighted by Crippen LogP contribution is 2.25. The highest BCUT2D eigenvalue weighted by Gasteiger charge is 2.11. The number of hydrogen-bond acceptors (Lipinski definition) is 2. The molecule has 1 unspecified atom stereocenters. The molecule has 0 aromatic carbocycles. The van der Waals surface area contributed by atoms with E-state index in [1.807, 2.05) is 0 Å². The minimum atomic E-state index is 0.561. The monoisotopic (exact) mass is 197 g/mol. The van der Waals surface area contributed by atoms with Crippen LogP contribution in [0.25, 0.3) is 0 Å². The Labute approximate surface area is 85.2 Å². The summed E-state index contributed by atoms with van der Waals surface area (Å²) in [7, 11) is 2.05.